The summed E-state index contributed by atoms with van der Waals surface area (Å²) >= 11 is 19.8. The lowest BCUT2D eigenvalue weighted by Crippen LogP contribution is -1.91. The van der Waals surface area contributed by atoms with Crippen LogP contribution in [0, 0.1) is 0 Å². The number of carbonyl (C=O) groups excluding carboxylic acids is 1. The van der Waals surface area contributed by atoms with Crippen molar-refractivity contribution in [1.29, 1.82) is 0 Å². The van der Waals surface area contributed by atoms with Gasteiger partial charge in [-0.3, -0.25) is 4.79 Å². The minimum absolute atomic E-state index is 0.239. The van der Waals surface area contributed by atoms with E-state index >= 15 is 0 Å². The molecule has 1 rings (SSSR count). The van der Waals surface area contributed by atoms with E-state index in [-0.39, 0.29) is 20.3 Å². The molecule has 0 N–H and O–H groups in total. The third-order valence-corrected chi connectivity index (χ3v) is 2.41. The van der Waals surface area contributed by atoms with Gasteiger partial charge in [0.05, 0.1) is 15.6 Å². The van der Waals surface area contributed by atoms with Crippen LogP contribution in [0.4, 0.5) is 0 Å². The zero-order chi connectivity index (χ0) is 9.30. The molecular weight excluding hydrogens is 286 g/mol. The van der Waals surface area contributed by atoms with Crippen molar-refractivity contribution in [2.45, 2.75) is 0 Å². The Balaban J connectivity index is 3.38. The van der Waals surface area contributed by atoms with Gasteiger partial charge in [-0.05, 0) is 28.1 Å². The van der Waals surface area contributed by atoms with Crippen molar-refractivity contribution >= 4 is 55.4 Å². The third kappa shape index (κ3) is 2.13. The molecule has 0 amide bonds. The summed E-state index contributed by atoms with van der Waals surface area (Å²) in [7, 11) is 0. The second-order valence-corrected chi connectivity index (χ2v) is 3.99. The summed E-state index contributed by atoms with van der Waals surface area (Å²) in [6.07, 6.45) is 0. The van der Waals surface area contributed by atoms with E-state index in [9.17, 15) is 4.79 Å². The highest BCUT2D eigenvalue weighted by molar-refractivity contribution is 9.18. The molecule has 0 aliphatic carbocycles. The molecule has 1 aromatic carbocycles. The van der Waals surface area contributed by atoms with Gasteiger partial charge in [0.2, 0.25) is 4.69 Å². The SMILES string of the molecule is O=C(Br)c1c(Cl)cc(Cl)cc1Cl. The first-order valence-electron chi connectivity index (χ1n) is 2.86. The molecule has 0 fully saturated rings. The Labute approximate surface area is 92.7 Å². The number of hydrogen-bond acceptors (Lipinski definition) is 1. The van der Waals surface area contributed by atoms with Crippen molar-refractivity contribution < 1.29 is 4.79 Å². The van der Waals surface area contributed by atoms with Crippen LogP contribution in [-0.4, -0.2) is 4.69 Å². The van der Waals surface area contributed by atoms with E-state index in [4.69, 9.17) is 34.8 Å². The molecule has 1 nitrogen and oxygen atoms in total. The summed E-state index contributed by atoms with van der Waals surface area (Å²) in [5.74, 6) is 0. The molecule has 0 saturated carbocycles. The average Bonchev–Trinajstić information content (AvgIpc) is 1.82. The van der Waals surface area contributed by atoms with E-state index in [0.29, 0.717) is 5.02 Å². The van der Waals surface area contributed by atoms with E-state index in [1.54, 1.807) is 0 Å². The van der Waals surface area contributed by atoms with Gasteiger partial charge in [-0.1, -0.05) is 34.8 Å². The Bertz CT molecular complexity index is 314. The van der Waals surface area contributed by atoms with Gasteiger partial charge in [-0.2, -0.15) is 0 Å². The second-order valence-electron chi connectivity index (χ2n) is 2.02. The van der Waals surface area contributed by atoms with E-state index in [2.05, 4.69) is 15.9 Å². The van der Waals surface area contributed by atoms with E-state index in [1.165, 1.54) is 12.1 Å². The van der Waals surface area contributed by atoms with Gasteiger partial charge >= 0.3 is 0 Å². The Kier molecular flexibility index (Phi) is 3.41. The van der Waals surface area contributed by atoms with Crippen molar-refractivity contribution in [2.24, 2.45) is 0 Å². The Morgan fingerprint density at radius 3 is 1.92 bits per heavy atom. The average molecular weight is 288 g/mol. The van der Waals surface area contributed by atoms with Gasteiger partial charge in [-0.15, -0.1) is 0 Å². The van der Waals surface area contributed by atoms with Crippen LogP contribution >= 0.6 is 50.7 Å². The predicted octanol–water partition coefficient (Wildman–Crippen LogP) is 4.18. The summed E-state index contributed by atoms with van der Waals surface area (Å²) < 4.78 is -0.353. The van der Waals surface area contributed by atoms with Crippen molar-refractivity contribution in [3.05, 3.63) is 32.8 Å². The van der Waals surface area contributed by atoms with Crippen LogP contribution < -0.4 is 0 Å². The number of rotatable bonds is 1. The van der Waals surface area contributed by atoms with Gasteiger partial charge in [-0.25, -0.2) is 0 Å². The van der Waals surface area contributed by atoms with Gasteiger partial charge in [0.25, 0.3) is 0 Å². The first-order chi connectivity index (χ1) is 5.52. The van der Waals surface area contributed by atoms with Gasteiger partial charge in [0, 0.05) is 5.02 Å². The molecule has 0 bridgehead atoms. The molecule has 64 valence electrons. The molecule has 0 heterocycles. The standard InChI is InChI=1S/C7H2BrCl3O/c8-7(12)6-4(10)1-3(9)2-5(6)11/h1-2H. The van der Waals surface area contributed by atoms with E-state index in [0.717, 1.165) is 0 Å². The highest BCUT2D eigenvalue weighted by Crippen LogP contribution is 2.30. The minimum Gasteiger partial charge on any atom is -0.281 e. The molecule has 0 aliphatic rings. The molecular formula is C7H2BrCl3O. The maximum atomic E-state index is 10.9. The number of carbonyl (C=O) groups is 1. The van der Waals surface area contributed by atoms with Crippen molar-refractivity contribution in [1.82, 2.24) is 0 Å². The summed E-state index contributed by atoms with van der Waals surface area (Å²) in [6.45, 7) is 0. The Morgan fingerprint density at radius 2 is 1.58 bits per heavy atom. The molecule has 0 aromatic heterocycles. The van der Waals surface area contributed by atoms with E-state index < -0.39 is 0 Å². The second kappa shape index (κ2) is 3.97. The van der Waals surface area contributed by atoms with E-state index in [1.807, 2.05) is 0 Å². The smallest absolute Gasteiger partial charge is 0.231 e. The van der Waals surface area contributed by atoms with Gasteiger partial charge in [0.15, 0.2) is 0 Å². The van der Waals surface area contributed by atoms with Crippen LogP contribution in [-0.2, 0) is 0 Å². The highest BCUT2D eigenvalue weighted by atomic mass is 79.9. The van der Waals surface area contributed by atoms with Crippen LogP contribution in [0.5, 0.6) is 0 Å². The monoisotopic (exact) mass is 286 g/mol. The van der Waals surface area contributed by atoms with Crippen LogP contribution in [0.25, 0.3) is 0 Å². The lowest BCUT2D eigenvalue weighted by molar-refractivity contribution is 0.109. The quantitative estimate of drug-likeness (QED) is 0.708. The largest absolute Gasteiger partial charge is 0.281 e. The molecule has 0 aliphatic heterocycles. The summed E-state index contributed by atoms with van der Waals surface area (Å²) in [5.41, 5.74) is 0.239. The summed E-state index contributed by atoms with van der Waals surface area (Å²) in [5, 5.41) is 0.895. The molecule has 0 radical (unpaired) electrons. The van der Waals surface area contributed by atoms with Crippen molar-refractivity contribution in [3.8, 4) is 0 Å². The fraction of sp³-hybridized carbons (Fsp3) is 0. The van der Waals surface area contributed by atoms with Crippen LogP contribution in [0.2, 0.25) is 15.1 Å². The molecule has 0 atom stereocenters. The maximum Gasteiger partial charge on any atom is 0.231 e. The highest BCUT2D eigenvalue weighted by Gasteiger charge is 2.12. The first-order valence-corrected chi connectivity index (χ1v) is 4.79. The lowest BCUT2D eigenvalue weighted by Gasteiger charge is -2.01. The third-order valence-electron chi connectivity index (χ3n) is 1.20. The van der Waals surface area contributed by atoms with Gasteiger partial charge < -0.3 is 0 Å². The molecule has 1 aromatic rings. The van der Waals surface area contributed by atoms with Crippen LogP contribution in [0.1, 0.15) is 10.4 Å². The fourth-order valence-corrected chi connectivity index (χ4v) is 2.37. The first kappa shape index (κ1) is 10.3. The predicted molar refractivity (Wildman–Crippen MR) is 54.7 cm³/mol. The normalized spacial score (nSPS) is 10.0. The van der Waals surface area contributed by atoms with Crippen LogP contribution in [0.15, 0.2) is 12.1 Å². The van der Waals surface area contributed by atoms with Crippen molar-refractivity contribution in [2.75, 3.05) is 0 Å². The zero-order valence-corrected chi connectivity index (χ0v) is 9.43. The summed E-state index contributed by atoms with van der Waals surface area (Å²) in [6, 6.07) is 2.92. The van der Waals surface area contributed by atoms with Crippen LogP contribution in [0.3, 0.4) is 0 Å². The minimum atomic E-state index is -0.353. The number of halogens is 4. The fourth-order valence-electron chi connectivity index (χ4n) is 0.730. The maximum absolute atomic E-state index is 10.9. The molecule has 0 spiro atoms. The Hall–Kier alpha value is 0.240. The van der Waals surface area contributed by atoms with Crippen molar-refractivity contribution in [3.63, 3.8) is 0 Å². The molecule has 5 heteroatoms. The number of benzene rings is 1. The summed E-state index contributed by atoms with van der Waals surface area (Å²) in [4.78, 5) is 10.9. The zero-order valence-electron chi connectivity index (χ0n) is 5.57. The Morgan fingerprint density at radius 1 is 1.17 bits per heavy atom. The molecule has 0 saturated heterocycles. The topological polar surface area (TPSA) is 17.1 Å². The number of hydrogen-bond donors (Lipinski definition) is 0. The molecule has 0 unspecified atom stereocenters. The van der Waals surface area contributed by atoms with Gasteiger partial charge in [0.1, 0.15) is 0 Å². The lowest BCUT2D eigenvalue weighted by atomic mass is 10.2. The molecule has 12 heavy (non-hydrogen) atoms.